The van der Waals surface area contributed by atoms with Crippen LogP contribution in [0.15, 0.2) is 18.2 Å². The molecule has 1 fully saturated rings. The van der Waals surface area contributed by atoms with Gasteiger partial charge >= 0.3 is 0 Å². The van der Waals surface area contributed by atoms with Crippen LogP contribution in [-0.2, 0) is 6.54 Å². The quantitative estimate of drug-likeness (QED) is 0.806. The number of benzene rings is 1. The molecule has 3 rings (SSSR count). The molecule has 2 aliphatic heterocycles. The van der Waals surface area contributed by atoms with Crippen molar-refractivity contribution in [1.29, 1.82) is 0 Å². The molecule has 0 spiro atoms. The van der Waals surface area contributed by atoms with Crippen molar-refractivity contribution in [3.05, 3.63) is 34.9 Å². The first-order chi connectivity index (χ1) is 8.75. The second-order valence-corrected chi connectivity index (χ2v) is 5.63. The van der Waals surface area contributed by atoms with E-state index in [0.717, 1.165) is 13.1 Å². The van der Waals surface area contributed by atoms with Crippen LogP contribution in [0.4, 0.5) is 0 Å². The van der Waals surface area contributed by atoms with E-state index in [9.17, 15) is 0 Å². The molecule has 0 radical (unpaired) electrons. The first-order valence-electron chi connectivity index (χ1n) is 6.97. The zero-order chi connectivity index (χ0) is 12.5. The van der Waals surface area contributed by atoms with Crippen molar-refractivity contribution >= 4 is 0 Å². The number of hydrogen-bond donors (Lipinski definition) is 1. The third-order valence-electron chi connectivity index (χ3n) is 4.38. The van der Waals surface area contributed by atoms with E-state index >= 15 is 0 Å². The van der Waals surface area contributed by atoms with Crippen molar-refractivity contribution in [2.24, 2.45) is 0 Å². The SMILES string of the molecule is Cc1cccc2c1[C@H](N1CCN(C)CC1)CNC2. The first kappa shape index (κ1) is 12.2. The third kappa shape index (κ3) is 2.18. The Hall–Kier alpha value is -0.900. The summed E-state index contributed by atoms with van der Waals surface area (Å²) in [5, 5.41) is 3.57. The van der Waals surface area contributed by atoms with Gasteiger partial charge in [-0.2, -0.15) is 0 Å². The summed E-state index contributed by atoms with van der Waals surface area (Å²) < 4.78 is 0. The Labute approximate surface area is 110 Å². The Kier molecular flexibility index (Phi) is 3.37. The normalized spacial score (nSPS) is 26.0. The fraction of sp³-hybridized carbons (Fsp3) is 0.600. The van der Waals surface area contributed by atoms with E-state index in [-0.39, 0.29) is 0 Å². The van der Waals surface area contributed by atoms with Gasteiger partial charge in [-0.05, 0) is 30.7 Å². The Morgan fingerprint density at radius 3 is 2.72 bits per heavy atom. The second kappa shape index (κ2) is 5.00. The summed E-state index contributed by atoms with van der Waals surface area (Å²) in [6, 6.07) is 7.29. The number of piperazine rings is 1. The van der Waals surface area contributed by atoms with Crippen LogP contribution >= 0.6 is 0 Å². The van der Waals surface area contributed by atoms with Gasteiger partial charge in [0.25, 0.3) is 0 Å². The van der Waals surface area contributed by atoms with Gasteiger partial charge in [0.05, 0.1) is 0 Å². The molecule has 18 heavy (non-hydrogen) atoms. The van der Waals surface area contributed by atoms with E-state index < -0.39 is 0 Å². The van der Waals surface area contributed by atoms with Gasteiger partial charge in [0.2, 0.25) is 0 Å². The number of rotatable bonds is 1. The topological polar surface area (TPSA) is 18.5 Å². The predicted octanol–water partition coefficient (Wildman–Crippen LogP) is 1.39. The average molecular weight is 245 g/mol. The minimum atomic E-state index is 0.573. The molecule has 0 amide bonds. The van der Waals surface area contributed by atoms with E-state index in [4.69, 9.17) is 0 Å². The van der Waals surface area contributed by atoms with Gasteiger partial charge in [-0.1, -0.05) is 18.2 Å². The average Bonchev–Trinajstić information content (AvgIpc) is 2.39. The number of likely N-dealkylation sites (N-methyl/N-ethyl adjacent to an activating group) is 1. The second-order valence-electron chi connectivity index (χ2n) is 5.63. The lowest BCUT2D eigenvalue weighted by Crippen LogP contribution is -2.49. The highest BCUT2D eigenvalue weighted by Crippen LogP contribution is 2.30. The van der Waals surface area contributed by atoms with Crippen LogP contribution in [-0.4, -0.2) is 49.6 Å². The largest absolute Gasteiger partial charge is 0.311 e. The summed E-state index contributed by atoms with van der Waals surface area (Å²) in [5.74, 6) is 0. The van der Waals surface area contributed by atoms with Gasteiger partial charge in [-0.3, -0.25) is 4.90 Å². The molecule has 2 heterocycles. The lowest BCUT2D eigenvalue weighted by atomic mass is 9.91. The van der Waals surface area contributed by atoms with Crippen molar-refractivity contribution in [3.8, 4) is 0 Å². The van der Waals surface area contributed by atoms with E-state index in [1.807, 2.05) is 0 Å². The number of nitrogens with zero attached hydrogens (tertiary/aromatic N) is 2. The van der Waals surface area contributed by atoms with Gasteiger partial charge in [-0.25, -0.2) is 0 Å². The molecule has 1 saturated heterocycles. The van der Waals surface area contributed by atoms with Crippen LogP contribution in [0.2, 0.25) is 0 Å². The third-order valence-corrected chi connectivity index (χ3v) is 4.38. The zero-order valence-corrected chi connectivity index (χ0v) is 11.4. The van der Waals surface area contributed by atoms with Crippen LogP contribution in [0, 0.1) is 6.92 Å². The molecule has 0 bridgehead atoms. The Morgan fingerprint density at radius 2 is 1.94 bits per heavy atom. The maximum Gasteiger partial charge on any atom is 0.0479 e. The molecular weight excluding hydrogens is 222 g/mol. The summed E-state index contributed by atoms with van der Waals surface area (Å²) in [5.41, 5.74) is 4.53. The Bertz CT molecular complexity index is 422. The molecule has 3 heteroatoms. The molecule has 3 nitrogen and oxygen atoms in total. The van der Waals surface area contributed by atoms with E-state index in [1.54, 1.807) is 5.56 Å². The van der Waals surface area contributed by atoms with Crippen molar-refractivity contribution in [3.63, 3.8) is 0 Å². The van der Waals surface area contributed by atoms with E-state index in [2.05, 4.69) is 47.3 Å². The number of aryl methyl sites for hydroxylation is 1. The highest BCUT2D eigenvalue weighted by Gasteiger charge is 2.28. The van der Waals surface area contributed by atoms with E-state index in [0.29, 0.717) is 6.04 Å². The molecular formula is C15H23N3. The molecule has 0 unspecified atom stereocenters. The Balaban J connectivity index is 1.87. The smallest absolute Gasteiger partial charge is 0.0479 e. The maximum atomic E-state index is 3.57. The van der Waals surface area contributed by atoms with Gasteiger partial charge < -0.3 is 10.2 Å². The minimum Gasteiger partial charge on any atom is -0.311 e. The molecule has 1 N–H and O–H groups in total. The fourth-order valence-electron chi connectivity index (χ4n) is 3.26. The van der Waals surface area contributed by atoms with Gasteiger partial charge in [-0.15, -0.1) is 0 Å². The molecule has 1 aromatic rings. The summed E-state index contributed by atoms with van der Waals surface area (Å²) in [6.07, 6.45) is 0. The number of hydrogen-bond acceptors (Lipinski definition) is 3. The molecule has 1 aromatic carbocycles. The molecule has 1 atom stereocenters. The molecule has 0 aromatic heterocycles. The number of nitrogens with one attached hydrogen (secondary N) is 1. The van der Waals surface area contributed by atoms with Crippen molar-refractivity contribution < 1.29 is 0 Å². The Morgan fingerprint density at radius 1 is 1.17 bits per heavy atom. The minimum absolute atomic E-state index is 0.573. The van der Waals surface area contributed by atoms with Crippen LogP contribution in [0.1, 0.15) is 22.7 Å². The highest BCUT2D eigenvalue weighted by molar-refractivity contribution is 5.39. The van der Waals surface area contributed by atoms with Gasteiger partial charge in [0.15, 0.2) is 0 Å². The predicted molar refractivity (Wildman–Crippen MR) is 74.7 cm³/mol. The highest BCUT2D eigenvalue weighted by atomic mass is 15.3. The molecule has 98 valence electrons. The maximum absolute atomic E-state index is 3.57. The summed E-state index contributed by atoms with van der Waals surface area (Å²) in [7, 11) is 2.22. The monoisotopic (exact) mass is 245 g/mol. The summed E-state index contributed by atoms with van der Waals surface area (Å²) in [4.78, 5) is 5.07. The van der Waals surface area contributed by atoms with Crippen LogP contribution in [0.5, 0.6) is 0 Å². The summed E-state index contributed by atoms with van der Waals surface area (Å²) in [6.45, 7) is 9.15. The first-order valence-corrected chi connectivity index (χ1v) is 6.97. The number of fused-ring (bicyclic) bond motifs is 1. The molecule has 2 aliphatic rings. The van der Waals surface area contributed by atoms with Gasteiger partial charge in [0.1, 0.15) is 0 Å². The standard InChI is InChI=1S/C15H23N3/c1-12-4-3-5-13-10-16-11-14(15(12)13)18-8-6-17(2)7-9-18/h3-5,14,16H,6-11H2,1-2H3/t14-/m1/s1. The fourth-order valence-corrected chi connectivity index (χ4v) is 3.26. The zero-order valence-electron chi connectivity index (χ0n) is 11.4. The van der Waals surface area contributed by atoms with Gasteiger partial charge in [0, 0.05) is 45.3 Å². The molecule has 0 saturated carbocycles. The van der Waals surface area contributed by atoms with Crippen molar-refractivity contribution in [2.45, 2.75) is 19.5 Å². The van der Waals surface area contributed by atoms with Crippen LogP contribution in [0.3, 0.4) is 0 Å². The lowest BCUT2D eigenvalue weighted by molar-refractivity contribution is 0.106. The van der Waals surface area contributed by atoms with Crippen LogP contribution in [0.25, 0.3) is 0 Å². The van der Waals surface area contributed by atoms with E-state index in [1.165, 1.54) is 37.3 Å². The van der Waals surface area contributed by atoms with Crippen molar-refractivity contribution in [1.82, 2.24) is 15.1 Å². The molecule has 0 aliphatic carbocycles. The van der Waals surface area contributed by atoms with Crippen LogP contribution < -0.4 is 5.32 Å². The lowest BCUT2D eigenvalue weighted by Gasteiger charge is -2.41. The van der Waals surface area contributed by atoms with Crippen molar-refractivity contribution in [2.75, 3.05) is 39.8 Å². The summed E-state index contributed by atoms with van der Waals surface area (Å²) >= 11 is 0.